The van der Waals surface area contributed by atoms with Crippen molar-refractivity contribution < 1.29 is 13.2 Å². The highest BCUT2D eigenvalue weighted by atomic mass is 19.1. The van der Waals surface area contributed by atoms with Gasteiger partial charge in [0.2, 0.25) is 5.89 Å². The van der Waals surface area contributed by atoms with Crippen LogP contribution in [0.3, 0.4) is 0 Å². The second kappa shape index (κ2) is 5.27. The fourth-order valence-corrected chi connectivity index (χ4v) is 1.68. The van der Waals surface area contributed by atoms with Crippen molar-refractivity contribution in [1.82, 2.24) is 10.3 Å². The van der Waals surface area contributed by atoms with E-state index in [4.69, 9.17) is 4.42 Å². The van der Waals surface area contributed by atoms with Crippen molar-refractivity contribution >= 4 is 0 Å². The number of hydrogen-bond donors (Lipinski definition) is 1. The summed E-state index contributed by atoms with van der Waals surface area (Å²) in [5, 5.41) is 3.03. The fraction of sp³-hybridized carbons (Fsp3) is 0.308. The van der Waals surface area contributed by atoms with Crippen LogP contribution in [0.25, 0.3) is 0 Å². The first-order valence-corrected chi connectivity index (χ1v) is 5.66. The highest BCUT2D eigenvalue weighted by molar-refractivity contribution is 5.21. The van der Waals surface area contributed by atoms with E-state index in [-0.39, 0.29) is 6.04 Å². The van der Waals surface area contributed by atoms with Crippen molar-refractivity contribution in [3.05, 3.63) is 53.2 Å². The zero-order valence-electron chi connectivity index (χ0n) is 10.2. The van der Waals surface area contributed by atoms with E-state index in [0.29, 0.717) is 18.0 Å². The zero-order chi connectivity index (χ0) is 13.1. The molecular weight excluding hydrogens is 238 g/mol. The first kappa shape index (κ1) is 12.7. The van der Waals surface area contributed by atoms with Gasteiger partial charge in [0.1, 0.15) is 17.4 Å². The summed E-state index contributed by atoms with van der Waals surface area (Å²) >= 11 is 0. The van der Waals surface area contributed by atoms with Gasteiger partial charge in [-0.1, -0.05) is 0 Å². The van der Waals surface area contributed by atoms with Crippen molar-refractivity contribution in [3.8, 4) is 0 Å². The summed E-state index contributed by atoms with van der Waals surface area (Å²) in [4.78, 5) is 4.02. The third-order valence-electron chi connectivity index (χ3n) is 2.65. The van der Waals surface area contributed by atoms with Gasteiger partial charge < -0.3 is 9.73 Å². The molecule has 0 radical (unpaired) electrons. The van der Waals surface area contributed by atoms with Gasteiger partial charge in [-0.05, 0) is 32.0 Å². The Labute approximate surface area is 104 Å². The van der Waals surface area contributed by atoms with E-state index in [1.807, 2.05) is 0 Å². The molecule has 0 spiro atoms. The van der Waals surface area contributed by atoms with E-state index < -0.39 is 11.6 Å². The molecule has 3 nitrogen and oxygen atoms in total. The Hall–Kier alpha value is -1.75. The molecule has 18 heavy (non-hydrogen) atoms. The summed E-state index contributed by atoms with van der Waals surface area (Å²) in [7, 11) is 0. The summed E-state index contributed by atoms with van der Waals surface area (Å²) in [6.07, 6.45) is 1.62. The van der Waals surface area contributed by atoms with Crippen molar-refractivity contribution in [3.63, 3.8) is 0 Å². The van der Waals surface area contributed by atoms with Gasteiger partial charge in [0.25, 0.3) is 0 Å². The minimum Gasteiger partial charge on any atom is -0.445 e. The molecule has 2 aromatic rings. The topological polar surface area (TPSA) is 38.1 Å². The molecule has 0 saturated heterocycles. The van der Waals surface area contributed by atoms with Gasteiger partial charge in [-0.15, -0.1) is 0 Å². The van der Waals surface area contributed by atoms with E-state index in [9.17, 15) is 8.78 Å². The molecule has 0 aliphatic rings. The van der Waals surface area contributed by atoms with E-state index in [2.05, 4.69) is 10.3 Å². The molecule has 0 bridgehead atoms. The van der Waals surface area contributed by atoms with Crippen LogP contribution in [-0.4, -0.2) is 4.98 Å². The minimum atomic E-state index is -0.452. The average molecular weight is 252 g/mol. The highest BCUT2D eigenvalue weighted by Gasteiger charge is 2.12. The van der Waals surface area contributed by atoms with E-state index in [1.54, 1.807) is 20.0 Å². The molecule has 1 atom stereocenters. The third-order valence-corrected chi connectivity index (χ3v) is 2.65. The van der Waals surface area contributed by atoms with Crippen LogP contribution in [0.2, 0.25) is 0 Å². The molecule has 96 valence electrons. The number of nitrogens with one attached hydrogen (secondary N) is 1. The minimum absolute atomic E-state index is 0.290. The Kier molecular flexibility index (Phi) is 3.72. The average Bonchev–Trinajstić information content (AvgIpc) is 2.75. The third kappa shape index (κ3) is 2.92. The van der Waals surface area contributed by atoms with Crippen molar-refractivity contribution in [1.29, 1.82) is 0 Å². The summed E-state index contributed by atoms with van der Waals surface area (Å²) in [5.41, 5.74) is 0.290. The number of rotatable bonds is 4. The van der Waals surface area contributed by atoms with Crippen LogP contribution in [0.15, 0.2) is 28.8 Å². The Balaban J connectivity index is 2.03. The summed E-state index contributed by atoms with van der Waals surface area (Å²) < 4.78 is 31.8. The number of nitrogens with zero attached hydrogens (tertiary/aromatic N) is 1. The largest absolute Gasteiger partial charge is 0.445 e. The van der Waals surface area contributed by atoms with Gasteiger partial charge in [0, 0.05) is 11.6 Å². The van der Waals surface area contributed by atoms with Gasteiger partial charge in [-0.2, -0.15) is 0 Å². The molecule has 1 aromatic heterocycles. The van der Waals surface area contributed by atoms with Crippen LogP contribution in [0, 0.1) is 18.6 Å². The van der Waals surface area contributed by atoms with Gasteiger partial charge >= 0.3 is 0 Å². The SMILES string of the molecule is Cc1cnc(CNC(C)c2cc(F)ccc2F)o1. The summed E-state index contributed by atoms with van der Waals surface area (Å²) in [6, 6.07) is 3.09. The fourth-order valence-electron chi connectivity index (χ4n) is 1.68. The monoisotopic (exact) mass is 252 g/mol. The number of aromatic nitrogens is 1. The standard InChI is InChI=1S/C13H14F2N2O/c1-8-6-17-13(18-8)7-16-9(2)11-5-10(14)3-4-12(11)15/h3-6,9,16H,7H2,1-2H3. The molecular formula is C13H14F2N2O. The van der Waals surface area contributed by atoms with Crippen LogP contribution in [0.4, 0.5) is 8.78 Å². The molecule has 2 rings (SSSR count). The maximum absolute atomic E-state index is 13.5. The van der Waals surface area contributed by atoms with Crippen LogP contribution in [0.1, 0.15) is 30.2 Å². The number of aryl methyl sites for hydroxylation is 1. The number of benzene rings is 1. The number of hydrogen-bond acceptors (Lipinski definition) is 3. The molecule has 5 heteroatoms. The smallest absolute Gasteiger partial charge is 0.208 e. The first-order valence-electron chi connectivity index (χ1n) is 5.66. The van der Waals surface area contributed by atoms with Crippen LogP contribution >= 0.6 is 0 Å². The molecule has 0 aliphatic heterocycles. The van der Waals surface area contributed by atoms with Gasteiger partial charge in [0.05, 0.1) is 12.7 Å². The predicted octanol–water partition coefficient (Wildman–Crippen LogP) is 3.11. The van der Waals surface area contributed by atoms with Gasteiger partial charge in [-0.25, -0.2) is 13.8 Å². The Morgan fingerprint density at radius 1 is 1.39 bits per heavy atom. The molecule has 0 saturated carbocycles. The Bertz CT molecular complexity index is 540. The molecule has 0 fully saturated rings. The Morgan fingerprint density at radius 2 is 2.17 bits per heavy atom. The predicted molar refractivity (Wildman–Crippen MR) is 62.9 cm³/mol. The normalized spacial score (nSPS) is 12.7. The lowest BCUT2D eigenvalue weighted by molar-refractivity contribution is 0.426. The van der Waals surface area contributed by atoms with E-state index in [0.717, 1.165) is 17.9 Å². The molecule has 0 amide bonds. The maximum atomic E-state index is 13.5. The molecule has 1 heterocycles. The molecule has 0 aliphatic carbocycles. The van der Waals surface area contributed by atoms with Crippen LogP contribution < -0.4 is 5.32 Å². The lowest BCUT2D eigenvalue weighted by Crippen LogP contribution is -2.19. The van der Waals surface area contributed by atoms with E-state index in [1.165, 1.54) is 6.07 Å². The summed E-state index contributed by atoms with van der Waals surface area (Å²) in [5.74, 6) is 0.361. The van der Waals surface area contributed by atoms with Crippen molar-refractivity contribution in [2.24, 2.45) is 0 Å². The molecule has 1 aromatic carbocycles. The van der Waals surface area contributed by atoms with Crippen molar-refractivity contribution in [2.75, 3.05) is 0 Å². The quantitative estimate of drug-likeness (QED) is 0.908. The van der Waals surface area contributed by atoms with Crippen LogP contribution in [-0.2, 0) is 6.54 Å². The van der Waals surface area contributed by atoms with Gasteiger partial charge in [0.15, 0.2) is 0 Å². The Morgan fingerprint density at radius 3 is 2.83 bits per heavy atom. The first-order chi connectivity index (χ1) is 8.56. The molecule has 1 unspecified atom stereocenters. The molecule has 1 N–H and O–H groups in total. The van der Waals surface area contributed by atoms with E-state index >= 15 is 0 Å². The van der Waals surface area contributed by atoms with Crippen LogP contribution in [0.5, 0.6) is 0 Å². The zero-order valence-corrected chi connectivity index (χ0v) is 10.2. The second-order valence-electron chi connectivity index (χ2n) is 4.13. The number of halogens is 2. The highest BCUT2D eigenvalue weighted by Crippen LogP contribution is 2.18. The lowest BCUT2D eigenvalue weighted by Gasteiger charge is -2.13. The van der Waals surface area contributed by atoms with Gasteiger partial charge in [-0.3, -0.25) is 0 Å². The number of oxazole rings is 1. The maximum Gasteiger partial charge on any atom is 0.208 e. The van der Waals surface area contributed by atoms with Crippen molar-refractivity contribution in [2.45, 2.75) is 26.4 Å². The lowest BCUT2D eigenvalue weighted by atomic mass is 10.1. The summed E-state index contributed by atoms with van der Waals surface area (Å²) in [6.45, 7) is 3.92. The second-order valence-corrected chi connectivity index (χ2v) is 4.13.